The molecule has 0 aliphatic carbocycles. The molecule has 0 aromatic heterocycles. The third kappa shape index (κ3) is 2.96. The molecular weight excluding hydrogens is 278 g/mol. The first-order chi connectivity index (χ1) is 9.54. The van der Waals surface area contributed by atoms with E-state index < -0.39 is 6.04 Å². The third-order valence-electron chi connectivity index (χ3n) is 3.49. The topological polar surface area (TPSA) is 46.6 Å². The van der Waals surface area contributed by atoms with Crippen LogP contribution >= 0.6 is 11.6 Å². The van der Waals surface area contributed by atoms with Gasteiger partial charge < -0.3 is 9.64 Å². The van der Waals surface area contributed by atoms with Crippen LogP contribution in [0.3, 0.4) is 0 Å². The summed E-state index contributed by atoms with van der Waals surface area (Å²) in [6.07, 6.45) is 1.49. The molecule has 5 heteroatoms. The second-order valence-corrected chi connectivity index (χ2v) is 5.30. The van der Waals surface area contributed by atoms with Gasteiger partial charge in [0.15, 0.2) is 0 Å². The quantitative estimate of drug-likeness (QED) is 0.806. The van der Waals surface area contributed by atoms with Gasteiger partial charge in [-0.1, -0.05) is 11.6 Å². The minimum atomic E-state index is -0.461. The number of ether oxygens (including phenoxy) is 1. The van der Waals surface area contributed by atoms with Gasteiger partial charge in [-0.05, 0) is 50.5 Å². The van der Waals surface area contributed by atoms with Crippen molar-refractivity contribution in [1.82, 2.24) is 4.90 Å². The number of carbonyl (C=O) groups excluding carboxylic acids is 2. The number of benzene rings is 1. The molecule has 2 rings (SSSR count). The Hall–Kier alpha value is -1.55. The van der Waals surface area contributed by atoms with Gasteiger partial charge in [0.25, 0.3) is 5.91 Å². The Kier molecular flexibility index (Phi) is 4.65. The highest BCUT2D eigenvalue weighted by molar-refractivity contribution is 6.30. The van der Waals surface area contributed by atoms with E-state index in [4.69, 9.17) is 16.3 Å². The van der Waals surface area contributed by atoms with Crippen molar-refractivity contribution in [2.45, 2.75) is 32.7 Å². The zero-order valence-corrected chi connectivity index (χ0v) is 12.4. The molecule has 0 N–H and O–H groups in total. The van der Waals surface area contributed by atoms with Crippen LogP contribution in [0.1, 0.15) is 35.7 Å². The van der Waals surface area contributed by atoms with Gasteiger partial charge in [0.1, 0.15) is 6.04 Å². The molecule has 1 saturated heterocycles. The number of aryl methyl sites for hydroxylation is 1. The zero-order chi connectivity index (χ0) is 14.7. The van der Waals surface area contributed by atoms with Crippen molar-refractivity contribution >= 4 is 23.5 Å². The smallest absolute Gasteiger partial charge is 0.328 e. The normalized spacial score (nSPS) is 18.1. The summed E-state index contributed by atoms with van der Waals surface area (Å²) in [4.78, 5) is 26.1. The van der Waals surface area contributed by atoms with Crippen LogP contribution in [0.25, 0.3) is 0 Å². The largest absolute Gasteiger partial charge is 0.464 e. The Morgan fingerprint density at radius 3 is 2.85 bits per heavy atom. The maximum atomic E-state index is 12.6. The Morgan fingerprint density at radius 1 is 1.45 bits per heavy atom. The number of likely N-dealkylation sites (tertiary alicyclic amines) is 1. The third-order valence-corrected chi connectivity index (χ3v) is 3.73. The number of hydrogen-bond donors (Lipinski definition) is 0. The maximum absolute atomic E-state index is 12.6. The molecule has 0 saturated carbocycles. The standard InChI is InChI=1S/C15H18ClNO3/c1-3-20-15(19)13-5-4-8-17(13)14(18)12-7-6-11(16)9-10(12)2/h6-7,9,13H,3-5,8H2,1-2H3. The first kappa shape index (κ1) is 14.9. The van der Waals surface area contributed by atoms with E-state index in [-0.39, 0.29) is 11.9 Å². The second-order valence-electron chi connectivity index (χ2n) is 4.87. The second kappa shape index (κ2) is 6.27. The number of esters is 1. The van der Waals surface area contributed by atoms with Crippen molar-refractivity contribution in [2.24, 2.45) is 0 Å². The summed E-state index contributed by atoms with van der Waals surface area (Å²) in [5.74, 6) is -0.445. The van der Waals surface area contributed by atoms with Crippen molar-refractivity contribution in [3.8, 4) is 0 Å². The molecule has 20 heavy (non-hydrogen) atoms. The molecule has 1 aromatic rings. The van der Waals surface area contributed by atoms with Crippen molar-refractivity contribution in [3.05, 3.63) is 34.3 Å². The summed E-state index contributed by atoms with van der Waals surface area (Å²) >= 11 is 5.90. The van der Waals surface area contributed by atoms with Crippen LogP contribution in [0, 0.1) is 6.92 Å². The van der Waals surface area contributed by atoms with E-state index in [2.05, 4.69) is 0 Å². The van der Waals surface area contributed by atoms with Crippen molar-refractivity contribution in [3.63, 3.8) is 0 Å². The van der Waals surface area contributed by atoms with Crippen molar-refractivity contribution < 1.29 is 14.3 Å². The first-order valence-electron chi connectivity index (χ1n) is 6.78. The van der Waals surface area contributed by atoms with Crippen LogP contribution in [0.4, 0.5) is 0 Å². The lowest BCUT2D eigenvalue weighted by atomic mass is 10.1. The fourth-order valence-corrected chi connectivity index (χ4v) is 2.74. The van der Waals surface area contributed by atoms with Gasteiger partial charge in [-0.15, -0.1) is 0 Å². The molecule has 1 aliphatic heterocycles. The lowest BCUT2D eigenvalue weighted by Crippen LogP contribution is -2.41. The fourth-order valence-electron chi connectivity index (χ4n) is 2.52. The fraction of sp³-hybridized carbons (Fsp3) is 0.467. The zero-order valence-electron chi connectivity index (χ0n) is 11.7. The van der Waals surface area contributed by atoms with Crippen molar-refractivity contribution in [2.75, 3.05) is 13.2 Å². The van der Waals surface area contributed by atoms with Crippen LogP contribution in [0.5, 0.6) is 0 Å². The molecule has 1 aliphatic rings. The molecule has 1 heterocycles. The molecule has 1 amide bonds. The maximum Gasteiger partial charge on any atom is 0.328 e. The van der Waals surface area contributed by atoms with E-state index in [1.807, 2.05) is 6.92 Å². The molecule has 1 atom stereocenters. The van der Waals surface area contributed by atoms with Crippen molar-refractivity contribution in [1.29, 1.82) is 0 Å². The van der Waals surface area contributed by atoms with Crippen LogP contribution in [-0.4, -0.2) is 36.0 Å². The predicted octanol–water partition coefficient (Wildman–Crippen LogP) is 2.82. The Morgan fingerprint density at radius 2 is 2.20 bits per heavy atom. The lowest BCUT2D eigenvalue weighted by Gasteiger charge is -2.23. The lowest BCUT2D eigenvalue weighted by molar-refractivity contribution is -0.147. The summed E-state index contributed by atoms with van der Waals surface area (Å²) < 4.78 is 5.04. The number of halogens is 1. The molecular formula is C15H18ClNO3. The van der Waals surface area contributed by atoms with Crippen LogP contribution in [-0.2, 0) is 9.53 Å². The number of amides is 1. The molecule has 0 radical (unpaired) electrons. The highest BCUT2D eigenvalue weighted by Gasteiger charge is 2.35. The predicted molar refractivity (Wildman–Crippen MR) is 76.9 cm³/mol. The minimum absolute atomic E-state index is 0.130. The average molecular weight is 296 g/mol. The van der Waals surface area contributed by atoms with E-state index in [9.17, 15) is 9.59 Å². The van der Waals surface area contributed by atoms with Crippen LogP contribution in [0.2, 0.25) is 5.02 Å². The van der Waals surface area contributed by atoms with E-state index in [1.165, 1.54) is 0 Å². The monoisotopic (exact) mass is 295 g/mol. The van der Waals surface area contributed by atoms with Crippen LogP contribution < -0.4 is 0 Å². The number of hydrogen-bond acceptors (Lipinski definition) is 3. The van der Waals surface area contributed by atoms with Gasteiger partial charge in [-0.25, -0.2) is 4.79 Å². The van der Waals surface area contributed by atoms with Crippen LogP contribution in [0.15, 0.2) is 18.2 Å². The summed E-state index contributed by atoms with van der Waals surface area (Å²) in [6, 6.07) is 4.69. The van der Waals surface area contributed by atoms with Gasteiger partial charge in [0, 0.05) is 17.1 Å². The summed E-state index contributed by atoms with van der Waals surface area (Å²) in [7, 11) is 0. The van der Waals surface area contributed by atoms with E-state index in [0.717, 1.165) is 12.0 Å². The average Bonchev–Trinajstić information content (AvgIpc) is 2.87. The highest BCUT2D eigenvalue weighted by Crippen LogP contribution is 2.24. The SMILES string of the molecule is CCOC(=O)C1CCCN1C(=O)c1ccc(Cl)cc1C. The molecule has 1 unspecified atom stereocenters. The Labute approximate surface area is 123 Å². The van der Waals surface area contributed by atoms with Gasteiger partial charge in [-0.2, -0.15) is 0 Å². The Bertz CT molecular complexity index is 530. The van der Waals surface area contributed by atoms with Gasteiger partial charge in [-0.3, -0.25) is 4.79 Å². The number of carbonyl (C=O) groups is 2. The molecule has 108 valence electrons. The van der Waals surface area contributed by atoms with E-state index in [0.29, 0.717) is 30.2 Å². The molecule has 1 fully saturated rings. The van der Waals surface area contributed by atoms with E-state index in [1.54, 1.807) is 30.0 Å². The highest BCUT2D eigenvalue weighted by atomic mass is 35.5. The summed E-state index contributed by atoms with van der Waals surface area (Å²) in [5, 5.41) is 0.599. The van der Waals surface area contributed by atoms with Gasteiger partial charge >= 0.3 is 5.97 Å². The van der Waals surface area contributed by atoms with E-state index >= 15 is 0 Å². The molecule has 0 bridgehead atoms. The minimum Gasteiger partial charge on any atom is -0.464 e. The first-order valence-corrected chi connectivity index (χ1v) is 7.16. The van der Waals surface area contributed by atoms with Gasteiger partial charge in [0.05, 0.1) is 6.61 Å². The molecule has 1 aromatic carbocycles. The molecule has 4 nitrogen and oxygen atoms in total. The summed E-state index contributed by atoms with van der Waals surface area (Å²) in [5.41, 5.74) is 1.41. The molecule has 0 spiro atoms. The number of rotatable bonds is 3. The number of nitrogens with zero attached hydrogens (tertiary/aromatic N) is 1. The Balaban J connectivity index is 2.21. The summed E-state index contributed by atoms with van der Waals surface area (Å²) in [6.45, 7) is 4.53. The van der Waals surface area contributed by atoms with Gasteiger partial charge in [0.2, 0.25) is 0 Å².